The highest BCUT2D eigenvalue weighted by molar-refractivity contribution is 5.75. The van der Waals surface area contributed by atoms with E-state index in [0.717, 1.165) is 16.7 Å². The van der Waals surface area contributed by atoms with Gasteiger partial charge in [0, 0.05) is 24.2 Å². The van der Waals surface area contributed by atoms with Crippen molar-refractivity contribution in [1.82, 2.24) is 9.97 Å². The van der Waals surface area contributed by atoms with E-state index in [1.54, 1.807) is 12.4 Å². The van der Waals surface area contributed by atoms with E-state index in [0.29, 0.717) is 5.82 Å². The van der Waals surface area contributed by atoms with Crippen LogP contribution in [-0.2, 0) is 0 Å². The van der Waals surface area contributed by atoms with Crippen LogP contribution in [0.15, 0.2) is 36.8 Å². The number of anilines is 1. The number of rotatable bonds is 1. The van der Waals surface area contributed by atoms with Gasteiger partial charge in [0.2, 0.25) is 0 Å². The molecule has 2 N–H and O–H groups in total. The summed E-state index contributed by atoms with van der Waals surface area (Å²) in [5.74, 6) is 0.557. The molecule has 0 fully saturated rings. The van der Waals surface area contributed by atoms with Gasteiger partial charge in [-0.15, -0.1) is 0 Å². The highest BCUT2D eigenvalue weighted by atomic mass is 14.8. The van der Waals surface area contributed by atoms with E-state index in [1.165, 1.54) is 0 Å². The number of nitrogens with zero attached hydrogens (tertiary/aromatic N) is 2. The Kier molecular flexibility index (Phi) is 2.14. The topological polar surface area (TPSA) is 51.8 Å². The second kappa shape index (κ2) is 3.46. The number of pyridine rings is 2. The van der Waals surface area contributed by atoms with Crippen molar-refractivity contribution in [3.63, 3.8) is 0 Å². The molecule has 0 saturated carbocycles. The lowest BCUT2D eigenvalue weighted by Gasteiger charge is -2.06. The summed E-state index contributed by atoms with van der Waals surface area (Å²) in [6, 6.07) is 5.79. The lowest BCUT2D eigenvalue weighted by Crippen LogP contribution is -1.94. The van der Waals surface area contributed by atoms with Crippen LogP contribution >= 0.6 is 0 Å². The van der Waals surface area contributed by atoms with Gasteiger partial charge in [0.25, 0.3) is 0 Å². The fourth-order valence-electron chi connectivity index (χ4n) is 1.42. The number of nitrogens with two attached hydrogens (primary N) is 1. The molecular formula is C11H11N3. The van der Waals surface area contributed by atoms with Crippen molar-refractivity contribution in [2.45, 2.75) is 6.92 Å². The summed E-state index contributed by atoms with van der Waals surface area (Å²) in [7, 11) is 0. The minimum absolute atomic E-state index is 0.557. The molecule has 0 saturated heterocycles. The van der Waals surface area contributed by atoms with Crippen molar-refractivity contribution in [3.05, 3.63) is 42.4 Å². The SMILES string of the molecule is Cc1cnccc1-c1cccnc1N. The van der Waals surface area contributed by atoms with Gasteiger partial charge >= 0.3 is 0 Å². The van der Waals surface area contributed by atoms with Gasteiger partial charge in [0.15, 0.2) is 0 Å². The first-order chi connectivity index (χ1) is 6.79. The van der Waals surface area contributed by atoms with Gasteiger partial charge in [-0.05, 0) is 36.2 Å². The molecule has 0 unspecified atom stereocenters. The maximum atomic E-state index is 5.79. The Morgan fingerprint density at radius 1 is 1.14 bits per heavy atom. The second-order valence-corrected chi connectivity index (χ2v) is 3.13. The molecule has 0 atom stereocenters. The van der Waals surface area contributed by atoms with Gasteiger partial charge < -0.3 is 5.73 Å². The minimum Gasteiger partial charge on any atom is -0.383 e. The average molecular weight is 185 g/mol. The Labute approximate surface area is 82.6 Å². The Balaban J connectivity index is 2.61. The summed E-state index contributed by atoms with van der Waals surface area (Å²) < 4.78 is 0. The standard InChI is InChI=1S/C11H11N3/c1-8-7-13-6-4-9(8)10-3-2-5-14-11(10)12/h2-7H,1H3,(H2,12,14). The average Bonchev–Trinajstić information content (AvgIpc) is 2.20. The van der Waals surface area contributed by atoms with Crippen molar-refractivity contribution >= 4 is 5.82 Å². The molecule has 70 valence electrons. The Hall–Kier alpha value is -1.90. The fourth-order valence-corrected chi connectivity index (χ4v) is 1.42. The first-order valence-electron chi connectivity index (χ1n) is 4.40. The van der Waals surface area contributed by atoms with Crippen molar-refractivity contribution in [3.8, 4) is 11.1 Å². The molecular weight excluding hydrogens is 174 g/mol. The Morgan fingerprint density at radius 3 is 2.71 bits per heavy atom. The molecule has 2 heterocycles. The van der Waals surface area contributed by atoms with Crippen molar-refractivity contribution in [1.29, 1.82) is 0 Å². The zero-order valence-corrected chi connectivity index (χ0v) is 7.94. The number of hydrogen-bond donors (Lipinski definition) is 1. The molecule has 0 radical (unpaired) electrons. The summed E-state index contributed by atoms with van der Waals surface area (Å²) in [4.78, 5) is 8.09. The van der Waals surface area contributed by atoms with Gasteiger partial charge in [-0.25, -0.2) is 4.98 Å². The van der Waals surface area contributed by atoms with Gasteiger partial charge in [-0.3, -0.25) is 4.98 Å². The summed E-state index contributed by atoms with van der Waals surface area (Å²) in [5, 5.41) is 0. The van der Waals surface area contributed by atoms with Gasteiger partial charge in [0.1, 0.15) is 5.82 Å². The molecule has 3 heteroatoms. The monoisotopic (exact) mass is 185 g/mol. The van der Waals surface area contributed by atoms with Crippen LogP contribution in [-0.4, -0.2) is 9.97 Å². The van der Waals surface area contributed by atoms with Crippen LogP contribution in [0.2, 0.25) is 0 Å². The van der Waals surface area contributed by atoms with Crippen LogP contribution in [0.1, 0.15) is 5.56 Å². The number of nitrogen functional groups attached to an aromatic ring is 1. The number of aryl methyl sites for hydroxylation is 1. The molecule has 0 aliphatic carbocycles. The molecule has 3 nitrogen and oxygen atoms in total. The van der Waals surface area contributed by atoms with Gasteiger partial charge in [-0.1, -0.05) is 0 Å². The lowest BCUT2D eigenvalue weighted by atomic mass is 10.0. The molecule has 0 spiro atoms. The molecule has 0 bridgehead atoms. The van der Waals surface area contributed by atoms with E-state index in [9.17, 15) is 0 Å². The van der Waals surface area contributed by atoms with Crippen molar-refractivity contribution in [2.24, 2.45) is 0 Å². The molecule has 0 amide bonds. The van der Waals surface area contributed by atoms with Crippen molar-refractivity contribution in [2.75, 3.05) is 5.73 Å². The van der Waals surface area contributed by atoms with E-state index in [1.807, 2.05) is 31.3 Å². The summed E-state index contributed by atoms with van der Waals surface area (Å²) in [6.45, 7) is 2.01. The van der Waals surface area contributed by atoms with Crippen LogP contribution in [0.3, 0.4) is 0 Å². The van der Waals surface area contributed by atoms with Crippen LogP contribution in [0.25, 0.3) is 11.1 Å². The summed E-state index contributed by atoms with van der Waals surface area (Å²) in [5.41, 5.74) is 8.95. The molecule has 2 rings (SSSR count). The zero-order valence-electron chi connectivity index (χ0n) is 7.94. The zero-order chi connectivity index (χ0) is 9.97. The molecule has 0 aliphatic rings. The maximum absolute atomic E-state index is 5.79. The Bertz CT molecular complexity index is 408. The predicted octanol–water partition coefficient (Wildman–Crippen LogP) is 2.03. The normalized spacial score (nSPS) is 10.1. The quantitative estimate of drug-likeness (QED) is 0.739. The van der Waals surface area contributed by atoms with Gasteiger partial charge in [-0.2, -0.15) is 0 Å². The van der Waals surface area contributed by atoms with E-state index in [2.05, 4.69) is 9.97 Å². The molecule has 0 aromatic carbocycles. The molecule has 2 aromatic heterocycles. The highest BCUT2D eigenvalue weighted by Gasteiger charge is 2.04. The van der Waals surface area contributed by atoms with Gasteiger partial charge in [0.05, 0.1) is 0 Å². The van der Waals surface area contributed by atoms with Crippen LogP contribution < -0.4 is 5.73 Å². The van der Waals surface area contributed by atoms with E-state index in [-0.39, 0.29) is 0 Å². The minimum atomic E-state index is 0.557. The fraction of sp³-hybridized carbons (Fsp3) is 0.0909. The highest BCUT2D eigenvalue weighted by Crippen LogP contribution is 2.25. The maximum Gasteiger partial charge on any atom is 0.131 e. The van der Waals surface area contributed by atoms with E-state index in [4.69, 9.17) is 5.73 Å². The first-order valence-corrected chi connectivity index (χ1v) is 4.40. The van der Waals surface area contributed by atoms with Crippen LogP contribution in [0.4, 0.5) is 5.82 Å². The second-order valence-electron chi connectivity index (χ2n) is 3.13. The molecule has 14 heavy (non-hydrogen) atoms. The van der Waals surface area contributed by atoms with E-state index >= 15 is 0 Å². The predicted molar refractivity (Wildman–Crippen MR) is 56.6 cm³/mol. The summed E-state index contributed by atoms with van der Waals surface area (Å²) in [6.07, 6.45) is 5.27. The lowest BCUT2D eigenvalue weighted by molar-refractivity contribution is 1.26. The number of aromatic nitrogens is 2. The van der Waals surface area contributed by atoms with E-state index < -0.39 is 0 Å². The Morgan fingerprint density at radius 2 is 2.00 bits per heavy atom. The molecule has 2 aromatic rings. The summed E-state index contributed by atoms with van der Waals surface area (Å²) >= 11 is 0. The van der Waals surface area contributed by atoms with Crippen LogP contribution in [0, 0.1) is 6.92 Å². The molecule has 0 aliphatic heterocycles. The number of hydrogen-bond acceptors (Lipinski definition) is 3. The largest absolute Gasteiger partial charge is 0.383 e. The third-order valence-electron chi connectivity index (χ3n) is 2.15. The van der Waals surface area contributed by atoms with Crippen molar-refractivity contribution < 1.29 is 0 Å². The van der Waals surface area contributed by atoms with Crippen LogP contribution in [0.5, 0.6) is 0 Å². The third-order valence-corrected chi connectivity index (χ3v) is 2.15. The smallest absolute Gasteiger partial charge is 0.131 e. The third kappa shape index (κ3) is 1.44. The first kappa shape index (κ1) is 8.69.